The summed E-state index contributed by atoms with van der Waals surface area (Å²) in [6, 6.07) is 5.95. The molecule has 23 heavy (non-hydrogen) atoms. The minimum absolute atomic E-state index is 0.135. The summed E-state index contributed by atoms with van der Waals surface area (Å²) in [6.07, 6.45) is 1.60. The van der Waals surface area contributed by atoms with Gasteiger partial charge >= 0.3 is 0 Å². The molecule has 4 nitrogen and oxygen atoms in total. The molecule has 0 saturated carbocycles. The minimum atomic E-state index is -0.703. The predicted molar refractivity (Wildman–Crippen MR) is 93.4 cm³/mol. The second-order valence-corrected chi connectivity index (χ2v) is 6.08. The molecule has 3 atom stereocenters. The lowest BCUT2D eigenvalue weighted by Crippen LogP contribution is -2.26. The Hall–Kier alpha value is -1.26. The molecule has 0 fully saturated rings. The van der Waals surface area contributed by atoms with E-state index in [0.29, 0.717) is 26.1 Å². The summed E-state index contributed by atoms with van der Waals surface area (Å²) in [4.78, 5) is 0. The zero-order valence-corrected chi connectivity index (χ0v) is 14.9. The zero-order chi connectivity index (χ0) is 17.2. The standard InChI is InChI=1S/C19H32O4/c1-5-10-22-18-9-8-15(13-19(18)23-11-6-2)14(4)12-17(21)16(20)7-3/h8-9,13-14,16-17,20-21H,5-7,10-12H2,1-4H3. The molecule has 0 amide bonds. The minimum Gasteiger partial charge on any atom is -0.490 e. The van der Waals surface area contributed by atoms with Gasteiger partial charge in [0.2, 0.25) is 0 Å². The van der Waals surface area contributed by atoms with E-state index in [1.54, 1.807) is 0 Å². The van der Waals surface area contributed by atoms with E-state index in [1.165, 1.54) is 0 Å². The van der Waals surface area contributed by atoms with Crippen molar-refractivity contribution in [1.29, 1.82) is 0 Å². The Morgan fingerprint density at radius 1 is 0.913 bits per heavy atom. The van der Waals surface area contributed by atoms with Crippen molar-refractivity contribution in [3.63, 3.8) is 0 Å². The lowest BCUT2D eigenvalue weighted by Gasteiger charge is -2.21. The van der Waals surface area contributed by atoms with E-state index in [0.717, 1.165) is 29.9 Å². The quantitative estimate of drug-likeness (QED) is 0.648. The van der Waals surface area contributed by atoms with Crippen molar-refractivity contribution in [3.8, 4) is 11.5 Å². The van der Waals surface area contributed by atoms with Crippen LogP contribution in [0.3, 0.4) is 0 Å². The molecule has 0 aliphatic heterocycles. The van der Waals surface area contributed by atoms with Gasteiger partial charge in [0.15, 0.2) is 11.5 Å². The molecule has 0 aliphatic rings. The molecular formula is C19H32O4. The molecule has 0 heterocycles. The van der Waals surface area contributed by atoms with Crippen LogP contribution in [-0.4, -0.2) is 35.6 Å². The summed E-state index contributed by atoms with van der Waals surface area (Å²) in [5.41, 5.74) is 1.09. The molecule has 0 saturated heterocycles. The van der Waals surface area contributed by atoms with Crippen LogP contribution in [0.4, 0.5) is 0 Å². The van der Waals surface area contributed by atoms with E-state index in [9.17, 15) is 10.2 Å². The van der Waals surface area contributed by atoms with Crippen molar-refractivity contribution in [2.24, 2.45) is 0 Å². The lowest BCUT2D eigenvalue weighted by molar-refractivity contribution is 0.00952. The van der Waals surface area contributed by atoms with Gasteiger partial charge in [-0.15, -0.1) is 0 Å². The van der Waals surface area contributed by atoms with Crippen molar-refractivity contribution in [1.82, 2.24) is 0 Å². The molecule has 2 N–H and O–H groups in total. The highest BCUT2D eigenvalue weighted by Crippen LogP contribution is 2.33. The van der Waals surface area contributed by atoms with Crippen LogP contribution < -0.4 is 9.47 Å². The third-order valence-corrected chi connectivity index (χ3v) is 3.92. The maximum absolute atomic E-state index is 10.0. The highest BCUT2D eigenvalue weighted by molar-refractivity contribution is 5.44. The van der Waals surface area contributed by atoms with E-state index in [2.05, 4.69) is 20.8 Å². The van der Waals surface area contributed by atoms with Crippen molar-refractivity contribution >= 4 is 0 Å². The monoisotopic (exact) mass is 324 g/mol. The van der Waals surface area contributed by atoms with Crippen LogP contribution in [0.2, 0.25) is 0 Å². The van der Waals surface area contributed by atoms with Crippen LogP contribution >= 0.6 is 0 Å². The molecular weight excluding hydrogens is 292 g/mol. The number of benzene rings is 1. The summed E-state index contributed by atoms with van der Waals surface area (Å²) in [6.45, 7) is 9.38. The third-order valence-electron chi connectivity index (χ3n) is 3.92. The molecule has 0 spiro atoms. The average Bonchev–Trinajstić information content (AvgIpc) is 2.57. The summed E-state index contributed by atoms with van der Waals surface area (Å²) in [5.74, 6) is 1.66. The Morgan fingerprint density at radius 2 is 1.52 bits per heavy atom. The highest BCUT2D eigenvalue weighted by atomic mass is 16.5. The summed E-state index contributed by atoms with van der Waals surface area (Å²) in [7, 11) is 0. The molecule has 0 bridgehead atoms. The van der Waals surface area contributed by atoms with Crippen molar-refractivity contribution in [2.75, 3.05) is 13.2 Å². The van der Waals surface area contributed by atoms with Crippen LogP contribution in [0, 0.1) is 0 Å². The van der Waals surface area contributed by atoms with Crippen molar-refractivity contribution in [2.45, 2.75) is 71.5 Å². The van der Waals surface area contributed by atoms with Gasteiger partial charge in [-0.25, -0.2) is 0 Å². The van der Waals surface area contributed by atoms with Gasteiger partial charge in [-0.2, -0.15) is 0 Å². The first-order chi connectivity index (χ1) is 11.0. The maximum atomic E-state index is 10.0. The van der Waals surface area contributed by atoms with E-state index < -0.39 is 12.2 Å². The fourth-order valence-electron chi connectivity index (χ4n) is 2.41. The third kappa shape index (κ3) is 6.40. The first kappa shape index (κ1) is 19.8. The Morgan fingerprint density at radius 3 is 2.09 bits per heavy atom. The second-order valence-electron chi connectivity index (χ2n) is 6.08. The number of hydrogen-bond acceptors (Lipinski definition) is 4. The number of aliphatic hydroxyl groups excluding tert-OH is 2. The zero-order valence-electron chi connectivity index (χ0n) is 14.9. The Labute approximate surface area is 140 Å². The van der Waals surface area contributed by atoms with Crippen LogP contribution in [0.1, 0.15) is 64.9 Å². The number of ether oxygens (including phenoxy) is 2. The summed E-state index contributed by atoms with van der Waals surface area (Å²) in [5, 5.41) is 19.8. The Kier molecular flexibility index (Phi) is 9.03. The lowest BCUT2D eigenvalue weighted by atomic mass is 9.92. The molecule has 0 aliphatic carbocycles. The smallest absolute Gasteiger partial charge is 0.161 e. The van der Waals surface area contributed by atoms with Gasteiger partial charge < -0.3 is 19.7 Å². The first-order valence-electron chi connectivity index (χ1n) is 8.79. The molecule has 0 radical (unpaired) electrons. The van der Waals surface area contributed by atoms with Gasteiger partial charge in [0.1, 0.15) is 0 Å². The fourth-order valence-corrected chi connectivity index (χ4v) is 2.41. The normalized spacial score (nSPS) is 15.0. The molecule has 1 rings (SSSR count). The number of rotatable bonds is 11. The average molecular weight is 324 g/mol. The topological polar surface area (TPSA) is 58.9 Å². The second kappa shape index (κ2) is 10.5. The van der Waals surface area contributed by atoms with Crippen LogP contribution in [0.5, 0.6) is 11.5 Å². The van der Waals surface area contributed by atoms with Crippen molar-refractivity contribution < 1.29 is 19.7 Å². The van der Waals surface area contributed by atoms with Gasteiger partial charge in [-0.05, 0) is 49.3 Å². The van der Waals surface area contributed by atoms with Crippen molar-refractivity contribution in [3.05, 3.63) is 23.8 Å². The van der Waals surface area contributed by atoms with Gasteiger partial charge in [-0.1, -0.05) is 33.8 Å². The van der Waals surface area contributed by atoms with Gasteiger partial charge in [0.25, 0.3) is 0 Å². The highest BCUT2D eigenvalue weighted by Gasteiger charge is 2.19. The molecule has 1 aromatic rings. The summed E-state index contributed by atoms with van der Waals surface area (Å²) >= 11 is 0. The molecule has 1 aromatic carbocycles. The van der Waals surface area contributed by atoms with E-state index in [-0.39, 0.29) is 5.92 Å². The van der Waals surface area contributed by atoms with Crippen LogP contribution in [0.25, 0.3) is 0 Å². The number of aliphatic hydroxyl groups is 2. The maximum Gasteiger partial charge on any atom is 0.161 e. The Balaban J connectivity index is 2.85. The van der Waals surface area contributed by atoms with Crippen LogP contribution in [-0.2, 0) is 0 Å². The molecule has 132 valence electrons. The van der Waals surface area contributed by atoms with Gasteiger partial charge in [0, 0.05) is 0 Å². The summed E-state index contributed by atoms with van der Waals surface area (Å²) < 4.78 is 11.6. The van der Waals surface area contributed by atoms with Gasteiger partial charge in [0.05, 0.1) is 25.4 Å². The molecule has 0 aromatic heterocycles. The van der Waals surface area contributed by atoms with Crippen LogP contribution in [0.15, 0.2) is 18.2 Å². The Bertz CT molecular complexity index is 447. The fraction of sp³-hybridized carbons (Fsp3) is 0.684. The van der Waals surface area contributed by atoms with Gasteiger partial charge in [-0.3, -0.25) is 0 Å². The molecule has 3 unspecified atom stereocenters. The first-order valence-corrected chi connectivity index (χ1v) is 8.79. The van der Waals surface area contributed by atoms with E-state index in [1.807, 2.05) is 25.1 Å². The predicted octanol–water partition coefficient (Wildman–Crippen LogP) is 3.89. The SMILES string of the molecule is CCCOc1ccc(C(C)CC(O)C(O)CC)cc1OCCC. The molecule has 4 heteroatoms. The number of hydrogen-bond donors (Lipinski definition) is 2. The largest absolute Gasteiger partial charge is 0.490 e. The van der Waals surface area contributed by atoms with E-state index >= 15 is 0 Å². The van der Waals surface area contributed by atoms with E-state index in [4.69, 9.17) is 9.47 Å².